The molecule has 2 heterocycles. The van der Waals surface area contributed by atoms with E-state index in [4.69, 9.17) is 0 Å². The Morgan fingerprint density at radius 2 is 2.11 bits per heavy atom. The average Bonchev–Trinajstić information content (AvgIpc) is 3.08. The quantitative estimate of drug-likeness (QED) is 0.735. The van der Waals surface area contributed by atoms with Gasteiger partial charge < -0.3 is 9.80 Å². The van der Waals surface area contributed by atoms with Crippen LogP contribution in [0.25, 0.3) is 0 Å². The minimum Gasteiger partial charge on any atom is -0.342 e. The van der Waals surface area contributed by atoms with E-state index < -0.39 is 0 Å². The molecule has 2 amide bonds. The summed E-state index contributed by atoms with van der Waals surface area (Å²) in [4.78, 5) is 33.1. The maximum atomic E-state index is 12.8. The molecule has 2 aromatic rings. The van der Waals surface area contributed by atoms with Crippen LogP contribution in [0.3, 0.4) is 0 Å². The standard InChI is InChI=1S/C21H27N3O2S/c1-16-22-19(15-27-16)14-23(2)21(26)18-10-11-20(25)24(13-18)12-6-9-17-7-4-3-5-8-17/h3-5,7-8,15,18H,6,9-14H2,1-2H3/t18-/m0/s1. The maximum absolute atomic E-state index is 12.8. The molecule has 1 aliphatic rings. The molecular formula is C21H27N3O2S. The van der Waals surface area contributed by atoms with Crippen molar-refractivity contribution in [3.8, 4) is 0 Å². The number of hydrogen-bond donors (Lipinski definition) is 0. The molecule has 6 heteroatoms. The highest BCUT2D eigenvalue weighted by Crippen LogP contribution is 2.21. The van der Waals surface area contributed by atoms with Crippen LogP contribution < -0.4 is 0 Å². The van der Waals surface area contributed by atoms with Gasteiger partial charge in [-0.25, -0.2) is 4.98 Å². The lowest BCUT2D eigenvalue weighted by Crippen LogP contribution is -2.46. The number of aryl methyl sites for hydroxylation is 2. The van der Waals surface area contributed by atoms with Gasteiger partial charge in [-0.2, -0.15) is 0 Å². The van der Waals surface area contributed by atoms with Gasteiger partial charge in [-0.05, 0) is 31.7 Å². The molecule has 0 saturated carbocycles. The molecule has 0 bridgehead atoms. The molecule has 0 aliphatic carbocycles. The molecule has 1 aromatic carbocycles. The number of amides is 2. The van der Waals surface area contributed by atoms with E-state index in [1.165, 1.54) is 5.56 Å². The van der Waals surface area contributed by atoms with Gasteiger partial charge in [0, 0.05) is 31.9 Å². The third kappa shape index (κ3) is 5.39. The van der Waals surface area contributed by atoms with E-state index in [-0.39, 0.29) is 17.7 Å². The molecule has 1 aromatic heterocycles. The number of likely N-dealkylation sites (tertiary alicyclic amines) is 1. The molecule has 0 N–H and O–H groups in total. The lowest BCUT2D eigenvalue weighted by molar-refractivity contribution is -0.142. The van der Waals surface area contributed by atoms with E-state index >= 15 is 0 Å². The Kier molecular flexibility index (Phi) is 6.61. The highest BCUT2D eigenvalue weighted by molar-refractivity contribution is 7.09. The Balaban J connectivity index is 1.50. The number of benzene rings is 1. The fraction of sp³-hybridized carbons (Fsp3) is 0.476. The van der Waals surface area contributed by atoms with E-state index in [1.54, 1.807) is 16.2 Å². The Bertz CT molecular complexity index is 775. The first-order chi connectivity index (χ1) is 13.0. The summed E-state index contributed by atoms with van der Waals surface area (Å²) in [6.07, 6.45) is 2.98. The van der Waals surface area contributed by atoms with Crippen molar-refractivity contribution in [1.82, 2.24) is 14.8 Å². The minimum absolute atomic E-state index is 0.107. The van der Waals surface area contributed by atoms with Gasteiger partial charge in [0.05, 0.1) is 23.2 Å². The van der Waals surface area contributed by atoms with Crippen molar-refractivity contribution in [3.63, 3.8) is 0 Å². The second-order valence-corrected chi connectivity index (χ2v) is 8.28. The molecule has 5 nitrogen and oxygen atoms in total. The fourth-order valence-electron chi connectivity index (χ4n) is 3.56. The van der Waals surface area contributed by atoms with Crippen LogP contribution in [0.5, 0.6) is 0 Å². The third-order valence-electron chi connectivity index (χ3n) is 5.03. The number of thiazole rings is 1. The number of nitrogens with zero attached hydrogens (tertiary/aromatic N) is 3. The summed E-state index contributed by atoms with van der Waals surface area (Å²) in [7, 11) is 1.83. The molecule has 3 rings (SSSR count). The number of piperidine rings is 1. The van der Waals surface area contributed by atoms with Crippen molar-refractivity contribution in [3.05, 3.63) is 52.0 Å². The summed E-state index contributed by atoms with van der Waals surface area (Å²) in [6, 6.07) is 10.3. The van der Waals surface area contributed by atoms with Crippen LogP contribution in [-0.4, -0.2) is 46.7 Å². The van der Waals surface area contributed by atoms with E-state index in [9.17, 15) is 9.59 Å². The number of carbonyl (C=O) groups excluding carboxylic acids is 2. The summed E-state index contributed by atoms with van der Waals surface area (Å²) in [6.45, 7) is 3.75. The topological polar surface area (TPSA) is 53.5 Å². The first kappa shape index (κ1) is 19.5. The number of rotatable bonds is 7. The van der Waals surface area contributed by atoms with Crippen LogP contribution >= 0.6 is 11.3 Å². The molecule has 0 radical (unpaired) electrons. The van der Waals surface area contributed by atoms with E-state index in [1.807, 2.05) is 42.5 Å². The van der Waals surface area contributed by atoms with E-state index in [2.05, 4.69) is 17.1 Å². The van der Waals surface area contributed by atoms with Crippen molar-refractivity contribution in [1.29, 1.82) is 0 Å². The molecule has 1 aliphatic heterocycles. The Morgan fingerprint density at radius 1 is 1.33 bits per heavy atom. The van der Waals surface area contributed by atoms with Gasteiger partial charge in [-0.3, -0.25) is 9.59 Å². The summed E-state index contributed by atoms with van der Waals surface area (Å²) in [5, 5.41) is 3.01. The van der Waals surface area contributed by atoms with Gasteiger partial charge in [0.1, 0.15) is 0 Å². The summed E-state index contributed by atoms with van der Waals surface area (Å²) in [5.41, 5.74) is 2.22. The molecular weight excluding hydrogens is 358 g/mol. The predicted octanol–water partition coefficient (Wildman–Crippen LogP) is 3.28. The molecule has 1 saturated heterocycles. The lowest BCUT2D eigenvalue weighted by Gasteiger charge is -2.33. The predicted molar refractivity (Wildman–Crippen MR) is 107 cm³/mol. The maximum Gasteiger partial charge on any atom is 0.227 e. The van der Waals surface area contributed by atoms with Crippen molar-refractivity contribution in [2.24, 2.45) is 5.92 Å². The smallest absolute Gasteiger partial charge is 0.227 e. The molecule has 1 fully saturated rings. The monoisotopic (exact) mass is 385 g/mol. The van der Waals surface area contributed by atoms with Crippen LogP contribution in [0.15, 0.2) is 35.7 Å². The average molecular weight is 386 g/mol. The van der Waals surface area contributed by atoms with E-state index in [0.29, 0.717) is 32.5 Å². The second-order valence-electron chi connectivity index (χ2n) is 7.22. The highest BCUT2D eigenvalue weighted by Gasteiger charge is 2.31. The van der Waals surface area contributed by atoms with Crippen molar-refractivity contribution >= 4 is 23.2 Å². The Labute approximate surface area is 165 Å². The Morgan fingerprint density at radius 3 is 2.81 bits per heavy atom. The van der Waals surface area contributed by atoms with Crippen molar-refractivity contribution in [2.45, 2.75) is 39.2 Å². The third-order valence-corrected chi connectivity index (χ3v) is 5.85. The molecule has 27 heavy (non-hydrogen) atoms. The largest absolute Gasteiger partial charge is 0.342 e. The summed E-state index contributed by atoms with van der Waals surface area (Å²) < 4.78 is 0. The molecule has 0 spiro atoms. The summed E-state index contributed by atoms with van der Waals surface area (Å²) >= 11 is 1.60. The van der Waals surface area contributed by atoms with Crippen molar-refractivity contribution in [2.75, 3.05) is 20.1 Å². The van der Waals surface area contributed by atoms with Gasteiger partial charge >= 0.3 is 0 Å². The lowest BCUT2D eigenvalue weighted by atomic mass is 9.95. The number of aromatic nitrogens is 1. The first-order valence-electron chi connectivity index (χ1n) is 9.50. The van der Waals surface area contributed by atoms with Gasteiger partial charge in [-0.15, -0.1) is 11.3 Å². The van der Waals surface area contributed by atoms with Crippen LogP contribution in [0.1, 0.15) is 35.5 Å². The zero-order chi connectivity index (χ0) is 19.2. The highest BCUT2D eigenvalue weighted by atomic mass is 32.1. The second kappa shape index (κ2) is 9.13. The molecule has 0 unspecified atom stereocenters. The van der Waals surface area contributed by atoms with Gasteiger partial charge in [-0.1, -0.05) is 30.3 Å². The minimum atomic E-state index is -0.107. The van der Waals surface area contributed by atoms with E-state index in [0.717, 1.165) is 23.5 Å². The SMILES string of the molecule is Cc1nc(CN(C)C(=O)[C@H]2CCC(=O)N(CCCc3ccccc3)C2)cs1. The van der Waals surface area contributed by atoms with Crippen LogP contribution in [0, 0.1) is 12.8 Å². The zero-order valence-corrected chi connectivity index (χ0v) is 16.9. The number of carbonyl (C=O) groups is 2. The number of hydrogen-bond acceptors (Lipinski definition) is 4. The van der Waals surface area contributed by atoms with Crippen LogP contribution in [-0.2, 0) is 22.6 Å². The van der Waals surface area contributed by atoms with Gasteiger partial charge in [0.15, 0.2) is 0 Å². The first-order valence-corrected chi connectivity index (χ1v) is 10.4. The summed E-state index contributed by atoms with van der Waals surface area (Å²) in [5.74, 6) is 0.176. The molecule has 1 atom stereocenters. The van der Waals surface area contributed by atoms with Crippen molar-refractivity contribution < 1.29 is 9.59 Å². The van der Waals surface area contributed by atoms with Gasteiger partial charge in [0.2, 0.25) is 11.8 Å². The van der Waals surface area contributed by atoms with Crippen LogP contribution in [0.2, 0.25) is 0 Å². The Hall–Kier alpha value is -2.21. The van der Waals surface area contributed by atoms with Gasteiger partial charge in [0.25, 0.3) is 0 Å². The zero-order valence-electron chi connectivity index (χ0n) is 16.1. The molecule has 144 valence electrons. The van der Waals surface area contributed by atoms with Crippen LogP contribution in [0.4, 0.5) is 0 Å². The fourth-order valence-corrected chi connectivity index (χ4v) is 4.17. The normalized spacial score (nSPS) is 17.2.